The maximum absolute atomic E-state index is 13.9. The first kappa shape index (κ1) is 14.6. The molecule has 0 bridgehead atoms. The van der Waals surface area contributed by atoms with Crippen LogP contribution < -0.4 is 11.1 Å². The van der Waals surface area contributed by atoms with Gasteiger partial charge in [0.25, 0.3) is 0 Å². The minimum absolute atomic E-state index is 0.226. The SMILES string of the molecule is NC(=O)C(NCc1cccnc1)c1ccc(Br)cc1F. The quantitative estimate of drug-likeness (QED) is 0.879. The number of amides is 1. The molecule has 20 heavy (non-hydrogen) atoms. The van der Waals surface area contributed by atoms with Crippen LogP contribution in [-0.4, -0.2) is 10.9 Å². The van der Waals surface area contributed by atoms with Crippen molar-refractivity contribution >= 4 is 21.8 Å². The maximum atomic E-state index is 13.9. The number of nitrogens with one attached hydrogen (secondary N) is 1. The fourth-order valence-corrected chi connectivity index (χ4v) is 2.16. The number of hydrogen-bond acceptors (Lipinski definition) is 3. The van der Waals surface area contributed by atoms with Gasteiger partial charge in [0.1, 0.15) is 11.9 Å². The molecule has 1 unspecified atom stereocenters. The number of pyridine rings is 1. The number of aromatic nitrogens is 1. The van der Waals surface area contributed by atoms with Crippen molar-refractivity contribution in [3.63, 3.8) is 0 Å². The van der Waals surface area contributed by atoms with E-state index < -0.39 is 17.8 Å². The van der Waals surface area contributed by atoms with Gasteiger partial charge >= 0.3 is 0 Å². The Hall–Kier alpha value is -1.79. The molecular weight excluding hydrogens is 325 g/mol. The highest BCUT2D eigenvalue weighted by Crippen LogP contribution is 2.21. The van der Waals surface area contributed by atoms with Gasteiger partial charge in [-0.15, -0.1) is 0 Å². The summed E-state index contributed by atoms with van der Waals surface area (Å²) in [5.74, 6) is -1.11. The highest BCUT2D eigenvalue weighted by atomic mass is 79.9. The molecule has 6 heteroatoms. The molecular formula is C14H13BrFN3O. The average Bonchev–Trinajstić information content (AvgIpc) is 2.42. The van der Waals surface area contributed by atoms with Gasteiger partial charge in [-0.25, -0.2) is 4.39 Å². The smallest absolute Gasteiger partial charge is 0.239 e. The molecule has 0 saturated heterocycles. The van der Waals surface area contributed by atoms with E-state index in [0.717, 1.165) is 5.56 Å². The topological polar surface area (TPSA) is 68.0 Å². The van der Waals surface area contributed by atoms with E-state index >= 15 is 0 Å². The van der Waals surface area contributed by atoms with E-state index in [1.54, 1.807) is 24.5 Å². The number of hydrogen-bond donors (Lipinski definition) is 2. The van der Waals surface area contributed by atoms with Crippen molar-refractivity contribution in [2.24, 2.45) is 5.73 Å². The molecule has 2 aromatic rings. The van der Waals surface area contributed by atoms with Gasteiger partial charge in [-0.05, 0) is 23.8 Å². The van der Waals surface area contributed by atoms with Crippen LogP contribution in [0.5, 0.6) is 0 Å². The number of nitrogens with zero attached hydrogens (tertiary/aromatic N) is 1. The third kappa shape index (κ3) is 3.61. The summed E-state index contributed by atoms with van der Waals surface area (Å²) < 4.78 is 14.5. The lowest BCUT2D eigenvalue weighted by Gasteiger charge is -2.16. The second-order valence-corrected chi connectivity index (χ2v) is 5.16. The van der Waals surface area contributed by atoms with Crippen molar-refractivity contribution in [3.8, 4) is 0 Å². The molecule has 1 aromatic carbocycles. The molecule has 3 N–H and O–H groups in total. The molecule has 1 heterocycles. The number of benzene rings is 1. The van der Waals surface area contributed by atoms with Crippen molar-refractivity contribution in [2.75, 3.05) is 0 Å². The van der Waals surface area contributed by atoms with Crippen molar-refractivity contribution in [1.29, 1.82) is 0 Å². The zero-order chi connectivity index (χ0) is 14.5. The van der Waals surface area contributed by atoms with E-state index in [1.807, 2.05) is 6.07 Å². The zero-order valence-corrected chi connectivity index (χ0v) is 12.1. The van der Waals surface area contributed by atoms with Crippen LogP contribution in [0.25, 0.3) is 0 Å². The lowest BCUT2D eigenvalue weighted by molar-refractivity contribution is -0.120. The Morgan fingerprint density at radius 3 is 2.85 bits per heavy atom. The van der Waals surface area contributed by atoms with E-state index in [9.17, 15) is 9.18 Å². The standard InChI is InChI=1S/C14H13BrFN3O/c15-10-3-4-11(12(16)6-10)13(14(17)20)19-8-9-2-1-5-18-7-9/h1-7,13,19H,8H2,(H2,17,20). The van der Waals surface area contributed by atoms with E-state index in [0.29, 0.717) is 11.0 Å². The first-order valence-electron chi connectivity index (χ1n) is 5.94. The Morgan fingerprint density at radius 2 is 2.25 bits per heavy atom. The number of carbonyl (C=O) groups is 1. The fraction of sp³-hybridized carbons (Fsp3) is 0.143. The molecule has 1 atom stereocenters. The highest BCUT2D eigenvalue weighted by molar-refractivity contribution is 9.10. The number of rotatable bonds is 5. The Bertz CT molecular complexity index is 607. The molecule has 0 aliphatic heterocycles. The van der Waals surface area contributed by atoms with Gasteiger partial charge in [0.05, 0.1) is 0 Å². The van der Waals surface area contributed by atoms with E-state index in [1.165, 1.54) is 12.1 Å². The maximum Gasteiger partial charge on any atom is 0.239 e. The van der Waals surface area contributed by atoms with E-state index in [4.69, 9.17) is 5.73 Å². The van der Waals surface area contributed by atoms with Crippen LogP contribution in [0.3, 0.4) is 0 Å². The van der Waals surface area contributed by atoms with Crippen LogP contribution in [0.15, 0.2) is 47.2 Å². The molecule has 0 fully saturated rings. The van der Waals surface area contributed by atoms with Gasteiger partial charge in [0.2, 0.25) is 5.91 Å². The minimum Gasteiger partial charge on any atom is -0.368 e. The number of carbonyl (C=O) groups excluding carboxylic acids is 1. The van der Waals surface area contributed by atoms with Crippen LogP contribution in [0.2, 0.25) is 0 Å². The molecule has 4 nitrogen and oxygen atoms in total. The van der Waals surface area contributed by atoms with Crippen LogP contribution in [-0.2, 0) is 11.3 Å². The summed E-state index contributed by atoms with van der Waals surface area (Å²) >= 11 is 3.17. The third-order valence-electron chi connectivity index (χ3n) is 2.79. The summed E-state index contributed by atoms with van der Waals surface area (Å²) in [5, 5.41) is 2.94. The molecule has 1 amide bonds. The fourth-order valence-electron chi connectivity index (χ4n) is 1.82. The molecule has 104 valence electrons. The molecule has 0 saturated carbocycles. The normalized spacial score (nSPS) is 12.1. The van der Waals surface area contributed by atoms with Gasteiger partial charge in [0.15, 0.2) is 0 Å². The molecule has 0 aliphatic rings. The lowest BCUT2D eigenvalue weighted by atomic mass is 10.1. The van der Waals surface area contributed by atoms with Crippen LogP contribution >= 0.6 is 15.9 Å². The predicted molar refractivity (Wildman–Crippen MR) is 77.1 cm³/mol. The molecule has 2 rings (SSSR count). The largest absolute Gasteiger partial charge is 0.368 e. The van der Waals surface area contributed by atoms with Gasteiger partial charge in [-0.3, -0.25) is 15.1 Å². The Balaban J connectivity index is 2.17. The number of primary amides is 1. The van der Waals surface area contributed by atoms with Gasteiger partial charge < -0.3 is 5.73 Å². The van der Waals surface area contributed by atoms with Gasteiger partial charge in [-0.2, -0.15) is 0 Å². The Morgan fingerprint density at radius 1 is 1.45 bits per heavy atom. The van der Waals surface area contributed by atoms with Crippen molar-refractivity contribution in [1.82, 2.24) is 10.3 Å². The van der Waals surface area contributed by atoms with Gasteiger partial charge in [0, 0.05) is 29.0 Å². The lowest BCUT2D eigenvalue weighted by Crippen LogP contribution is -2.34. The zero-order valence-electron chi connectivity index (χ0n) is 10.5. The summed E-state index contributed by atoms with van der Waals surface area (Å²) in [7, 11) is 0. The minimum atomic E-state index is -0.886. The Labute approximate surface area is 124 Å². The first-order valence-corrected chi connectivity index (χ1v) is 6.74. The van der Waals surface area contributed by atoms with Crippen molar-refractivity contribution in [3.05, 3.63) is 64.1 Å². The summed E-state index contributed by atoms with van der Waals surface area (Å²) in [6.07, 6.45) is 3.33. The molecule has 1 aromatic heterocycles. The number of halogens is 2. The molecule has 0 radical (unpaired) electrons. The van der Waals surface area contributed by atoms with Crippen molar-refractivity contribution in [2.45, 2.75) is 12.6 Å². The van der Waals surface area contributed by atoms with E-state index in [-0.39, 0.29) is 5.56 Å². The molecule has 0 aliphatic carbocycles. The third-order valence-corrected chi connectivity index (χ3v) is 3.28. The monoisotopic (exact) mass is 337 g/mol. The Kier molecular flexibility index (Phi) is 4.81. The summed E-state index contributed by atoms with van der Waals surface area (Å²) in [4.78, 5) is 15.5. The second-order valence-electron chi connectivity index (χ2n) is 4.24. The average molecular weight is 338 g/mol. The van der Waals surface area contributed by atoms with Gasteiger partial charge in [-0.1, -0.05) is 28.1 Å². The predicted octanol–water partition coefficient (Wildman–Crippen LogP) is 2.30. The van der Waals surface area contributed by atoms with Crippen LogP contribution in [0.1, 0.15) is 17.2 Å². The summed E-state index contributed by atoms with van der Waals surface area (Å²) in [5.41, 5.74) is 6.46. The van der Waals surface area contributed by atoms with Crippen LogP contribution in [0.4, 0.5) is 4.39 Å². The highest BCUT2D eigenvalue weighted by Gasteiger charge is 2.20. The number of nitrogens with two attached hydrogens (primary N) is 1. The molecule has 0 spiro atoms. The van der Waals surface area contributed by atoms with Crippen LogP contribution in [0, 0.1) is 5.82 Å². The van der Waals surface area contributed by atoms with E-state index in [2.05, 4.69) is 26.2 Å². The first-order chi connectivity index (χ1) is 9.58. The summed E-state index contributed by atoms with van der Waals surface area (Å²) in [6, 6.07) is 7.26. The summed E-state index contributed by atoms with van der Waals surface area (Å²) in [6.45, 7) is 0.372. The second kappa shape index (κ2) is 6.58. The van der Waals surface area contributed by atoms with Crippen molar-refractivity contribution < 1.29 is 9.18 Å².